The van der Waals surface area contributed by atoms with Crippen LogP contribution in [0.15, 0.2) is 36.4 Å². The Morgan fingerprint density at radius 1 is 0.667 bits per heavy atom. The van der Waals surface area contributed by atoms with Crippen molar-refractivity contribution < 1.29 is 53.0 Å². The number of carbonyl (C=O) groups is 9. The van der Waals surface area contributed by atoms with E-state index in [2.05, 4.69) is 44.1 Å². The van der Waals surface area contributed by atoms with Crippen LogP contribution in [-0.4, -0.2) is 97.7 Å². The standard InChI is InChI=1S/C48H63N7O11/c1-28(56)8-17-39(58)49-22-40(59)50-23-41(60)51-24-42(61)52-25-43(62)53-27-66-26-44(63)54-31-13-9-30-12-16-37-34(7-5-18-47(37,2)38(30)20-31)45(64)55-46(65)48(3)19-4-6-33-35-21-32(57)14-10-29(35)11-15-36(33)48/h9-10,13-14,20-21,33-34,36-37,57H,4-8,11-12,15-19,22-27H2,1-3H3,(H,49,58)(H,50,59)(H,51,60)(H,52,61)(H,53,62)(H,54,63)(H,55,64,65). The van der Waals surface area contributed by atoms with Gasteiger partial charge in [-0.2, -0.15) is 0 Å². The van der Waals surface area contributed by atoms with Gasteiger partial charge >= 0.3 is 0 Å². The minimum atomic E-state index is -0.698. The predicted molar refractivity (Wildman–Crippen MR) is 240 cm³/mol. The molecule has 0 radical (unpaired) electrons. The molecule has 0 bridgehead atoms. The Hall–Kier alpha value is -6.17. The van der Waals surface area contributed by atoms with Crippen LogP contribution in [0.1, 0.15) is 113 Å². The third-order valence-electron chi connectivity index (χ3n) is 14.2. The third kappa shape index (κ3) is 12.2. The zero-order valence-corrected chi connectivity index (χ0v) is 38.0. The maximum atomic E-state index is 14.2. The van der Waals surface area contributed by atoms with Gasteiger partial charge in [-0.15, -0.1) is 0 Å². The Labute approximate surface area is 384 Å². The Bertz CT molecular complexity index is 2230. The number of amides is 8. The van der Waals surface area contributed by atoms with Crippen molar-refractivity contribution in [3.8, 4) is 5.75 Å². The summed E-state index contributed by atoms with van der Waals surface area (Å²) in [5, 5.41) is 27.7. The summed E-state index contributed by atoms with van der Waals surface area (Å²) in [7, 11) is 0. The van der Waals surface area contributed by atoms with Gasteiger partial charge in [0, 0.05) is 24.4 Å². The zero-order valence-electron chi connectivity index (χ0n) is 38.0. The second-order valence-electron chi connectivity index (χ2n) is 18.6. The van der Waals surface area contributed by atoms with Gasteiger partial charge in [0.25, 0.3) is 0 Å². The summed E-state index contributed by atoms with van der Waals surface area (Å²) < 4.78 is 5.35. The van der Waals surface area contributed by atoms with Crippen LogP contribution in [0.4, 0.5) is 5.69 Å². The number of aryl methyl sites for hydroxylation is 2. The second kappa shape index (κ2) is 21.9. The van der Waals surface area contributed by atoms with Gasteiger partial charge in [0.05, 0.1) is 31.6 Å². The molecule has 356 valence electrons. The minimum absolute atomic E-state index is 0.00279. The molecule has 66 heavy (non-hydrogen) atoms. The minimum Gasteiger partial charge on any atom is -0.508 e. The Balaban J connectivity index is 0.907. The van der Waals surface area contributed by atoms with Crippen LogP contribution < -0.4 is 37.2 Å². The number of hydrogen-bond acceptors (Lipinski definition) is 11. The molecule has 4 aliphatic rings. The van der Waals surface area contributed by atoms with Crippen molar-refractivity contribution in [3.05, 3.63) is 58.7 Å². The van der Waals surface area contributed by atoms with Gasteiger partial charge in [0.2, 0.25) is 47.3 Å². The van der Waals surface area contributed by atoms with E-state index in [0.29, 0.717) is 18.5 Å². The fourth-order valence-electron chi connectivity index (χ4n) is 10.7. The molecule has 6 atom stereocenters. The van der Waals surface area contributed by atoms with Gasteiger partial charge in [-0.05, 0) is 128 Å². The molecule has 0 aromatic heterocycles. The van der Waals surface area contributed by atoms with Crippen LogP contribution in [0.25, 0.3) is 0 Å². The van der Waals surface area contributed by atoms with Crippen LogP contribution in [0.2, 0.25) is 0 Å². The highest BCUT2D eigenvalue weighted by molar-refractivity contribution is 5.99. The van der Waals surface area contributed by atoms with Crippen LogP contribution in [0.5, 0.6) is 5.75 Å². The number of imide groups is 1. The van der Waals surface area contributed by atoms with Crippen molar-refractivity contribution in [2.75, 3.05) is 44.8 Å². The maximum Gasteiger partial charge on any atom is 0.250 e. The van der Waals surface area contributed by atoms with E-state index in [4.69, 9.17) is 4.74 Å². The highest BCUT2D eigenvalue weighted by atomic mass is 16.5. The SMILES string of the molecule is CC(=O)CCC(=O)NCC(=O)NCC(=O)NCC(=O)NCC(=O)NCOCC(=O)Nc1ccc2c(c1)C1(C)CCCC(C(=O)NC(=O)C3(C)CCCC4c5cc(O)ccc5CCC43)C1CC2. The topological polar surface area (TPSA) is 267 Å². The van der Waals surface area contributed by atoms with E-state index in [1.165, 1.54) is 12.5 Å². The van der Waals surface area contributed by atoms with Crippen LogP contribution in [-0.2, 0) is 66.1 Å². The van der Waals surface area contributed by atoms with Crippen LogP contribution in [0.3, 0.4) is 0 Å². The summed E-state index contributed by atoms with van der Waals surface area (Å²) in [6.45, 7) is 3.13. The summed E-state index contributed by atoms with van der Waals surface area (Å²) in [5.41, 5.74) is 4.11. The quantitative estimate of drug-likeness (QED) is 0.0610. The van der Waals surface area contributed by atoms with E-state index in [-0.39, 0.29) is 85.2 Å². The van der Waals surface area contributed by atoms with E-state index in [9.17, 15) is 48.3 Å². The molecule has 0 aliphatic heterocycles. The average Bonchev–Trinajstić information content (AvgIpc) is 3.29. The molecule has 18 nitrogen and oxygen atoms in total. The first-order valence-corrected chi connectivity index (χ1v) is 23.0. The lowest BCUT2D eigenvalue weighted by atomic mass is 9.54. The van der Waals surface area contributed by atoms with E-state index in [1.807, 2.05) is 37.3 Å². The van der Waals surface area contributed by atoms with Crippen molar-refractivity contribution in [3.63, 3.8) is 0 Å². The fourth-order valence-corrected chi connectivity index (χ4v) is 10.7. The van der Waals surface area contributed by atoms with Gasteiger partial charge in [-0.25, -0.2) is 0 Å². The Morgan fingerprint density at radius 3 is 1.95 bits per heavy atom. The van der Waals surface area contributed by atoms with Gasteiger partial charge < -0.3 is 46.5 Å². The number of carbonyl (C=O) groups excluding carboxylic acids is 9. The highest BCUT2D eigenvalue weighted by Gasteiger charge is 2.52. The van der Waals surface area contributed by atoms with E-state index in [1.54, 1.807) is 6.07 Å². The number of anilines is 1. The van der Waals surface area contributed by atoms with E-state index < -0.39 is 60.5 Å². The van der Waals surface area contributed by atoms with Gasteiger partial charge in [-0.1, -0.05) is 38.8 Å². The third-order valence-corrected chi connectivity index (χ3v) is 14.2. The molecule has 8 N–H and O–H groups in total. The summed E-state index contributed by atoms with van der Waals surface area (Å²) in [5.74, 6) is -3.95. The van der Waals surface area contributed by atoms with Crippen molar-refractivity contribution in [2.45, 2.75) is 109 Å². The highest BCUT2D eigenvalue weighted by Crippen LogP contribution is 2.55. The van der Waals surface area contributed by atoms with Crippen molar-refractivity contribution >= 4 is 58.7 Å². The molecule has 6 unspecified atom stereocenters. The lowest BCUT2D eigenvalue weighted by molar-refractivity contribution is -0.144. The van der Waals surface area contributed by atoms with Crippen molar-refractivity contribution in [1.82, 2.24) is 31.9 Å². The molecular formula is C48H63N7O11. The molecule has 2 aromatic rings. The van der Waals surface area contributed by atoms with Crippen LogP contribution in [0, 0.1) is 23.2 Å². The number of ketones is 1. The lowest BCUT2D eigenvalue weighted by Crippen LogP contribution is -2.54. The number of nitrogens with one attached hydrogen (secondary N) is 7. The molecule has 8 amide bonds. The number of ether oxygens (including phenoxy) is 1. The lowest BCUT2D eigenvalue weighted by Gasteiger charge is -2.50. The molecule has 4 aliphatic carbocycles. The summed E-state index contributed by atoms with van der Waals surface area (Å²) in [6, 6.07) is 11.4. The van der Waals surface area contributed by atoms with Crippen LogP contribution >= 0.6 is 0 Å². The van der Waals surface area contributed by atoms with Gasteiger partial charge in [0.1, 0.15) is 24.9 Å². The Morgan fingerprint density at radius 2 is 1.27 bits per heavy atom. The summed E-state index contributed by atoms with van der Waals surface area (Å²) in [6.07, 6.45) is 8.18. The number of aromatic hydroxyl groups is 1. The van der Waals surface area contributed by atoms with Crippen molar-refractivity contribution in [1.29, 1.82) is 0 Å². The largest absolute Gasteiger partial charge is 0.508 e. The molecule has 2 aromatic carbocycles. The van der Waals surface area contributed by atoms with E-state index in [0.717, 1.165) is 68.1 Å². The van der Waals surface area contributed by atoms with Gasteiger partial charge in [0.15, 0.2) is 0 Å². The second-order valence-corrected chi connectivity index (χ2v) is 18.6. The predicted octanol–water partition coefficient (Wildman–Crippen LogP) is 2.05. The number of Topliss-reactive ketones (excluding diaryl/α,β-unsaturated/α-hetero) is 1. The molecule has 0 heterocycles. The first-order chi connectivity index (χ1) is 31.5. The molecule has 2 fully saturated rings. The average molecular weight is 914 g/mol. The number of fused-ring (bicyclic) bond motifs is 6. The number of phenolic OH excluding ortho intramolecular Hbond substituents is 1. The van der Waals surface area contributed by atoms with Crippen molar-refractivity contribution in [2.24, 2.45) is 23.2 Å². The molecular weight excluding hydrogens is 851 g/mol. The monoisotopic (exact) mass is 913 g/mol. The first-order valence-electron chi connectivity index (χ1n) is 23.0. The maximum absolute atomic E-state index is 14.2. The van der Waals surface area contributed by atoms with Gasteiger partial charge in [-0.3, -0.25) is 43.7 Å². The Kier molecular flexibility index (Phi) is 16.3. The molecule has 0 spiro atoms. The normalized spacial score (nSPS) is 23.7. The molecule has 2 saturated carbocycles. The molecule has 0 saturated heterocycles. The molecule has 6 rings (SSSR count). The summed E-state index contributed by atoms with van der Waals surface area (Å²) >= 11 is 0. The number of hydrogen-bond donors (Lipinski definition) is 8. The zero-order chi connectivity index (χ0) is 47.6. The summed E-state index contributed by atoms with van der Waals surface area (Å²) in [4.78, 5) is 112. The first kappa shape index (κ1) is 49.3. The number of rotatable bonds is 18. The fraction of sp³-hybridized carbons (Fsp3) is 0.562. The smallest absolute Gasteiger partial charge is 0.250 e. The van der Waals surface area contributed by atoms with E-state index >= 15 is 0 Å². The molecule has 18 heteroatoms. The number of benzene rings is 2. The number of phenols is 1.